The lowest BCUT2D eigenvalue weighted by Crippen LogP contribution is -2.03. The third-order valence-corrected chi connectivity index (χ3v) is 2.47. The molecule has 13 heavy (non-hydrogen) atoms. The normalized spacial score (nSPS) is 10.0. The zero-order chi connectivity index (χ0) is 9.84. The fourth-order valence-electron chi connectivity index (χ4n) is 1.21. The van der Waals surface area contributed by atoms with Gasteiger partial charge in [-0.25, -0.2) is 0 Å². The summed E-state index contributed by atoms with van der Waals surface area (Å²) in [6.45, 7) is 1.57. The van der Waals surface area contributed by atoms with E-state index in [2.05, 4.69) is 15.9 Å². The van der Waals surface area contributed by atoms with Crippen LogP contribution in [0, 0.1) is 0 Å². The molecule has 3 heteroatoms. The number of halogens is 1. The quantitative estimate of drug-likeness (QED) is 0.652. The van der Waals surface area contributed by atoms with E-state index >= 15 is 0 Å². The molecule has 0 atom stereocenters. The minimum Gasteiger partial charge on any atom is -0.398 e. The van der Waals surface area contributed by atoms with Gasteiger partial charge in [0.2, 0.25) is 0 Å². The van der Waals surface area contributed by atoms with Gasteiger partial charge in [-0.05, 0) is 18.1 Å². The van der Waals surface area contributed by atoms with Crippen LogP contribution in [0.4, 0.5) is 5.69 Å². The van der Waals surface area contributed by atoms with Crippen LogP contribution in [0.25, 0.3) is 0 Å². The highest BCUT2D eigenvalue weighted by Gasteiger charge is 2.05. The molecule has 0 saturated heterocycles. The molecule has 1 aromatic rings. The maximum atomic E-state index is 10.9. The molecule has 0 unspecified atom stereocenters. The summed E-state index contributed by atoms with van der Waals surface area (Å²) in [5, 5.41) is 0.727. The van der Waals surface area contributed by atoms with Crippen molar-refractivity contribution < 1.29 is 4.79 Å². The van der Waals surface area contributed by atoms with Crippen LogP contribution in [0.5, 0.6) is 0 Å². The van der Waals surface area contributed by atoms with E-state index in [1.807, 2.05) is 18.2 Å². The van der Waals surface area contributed by atoms with Crippen molar-refractivity contribution in [2.24, 2.45) is 0 Å². The number of hydrogen-bond acceptors (Lipinski definition) is 2. The minimum absolute atomic E-state index is 0.137. The van der Waals surface area contributed by atoms with Crippen LogP contribution in [0.1, 0.15) is 18.1 Å². The molecule has 0 aliphatic heterocycles. The van der Waals surface area contributed by atoms with E-state index in [0.717, 1.165) is 22.1 Å². The van der Waals surface area contributed by atoms with Gasteiger partial charge in [-0.3, -0.25) is 4.79 Å². The van der Waals surface area contributed by atoms with E-state index in [0.29, 0.717) is 6.42 Å². The van der Waals surface area contributed by atoms with Gasteiger partial charge in [-0.15, -0.1) is 0 Å². The van der Waals surface area contributed by atoms with Crippen LogP contribution < -0.4 is 5.73 Å². The molecule has 1 rings (SSSR count). The number of anilines is 1. The Kier molecular flexibility index (Phi) is 3.48. The van der Waals surface area contributed by atoms with Crippen molar-refractivity contribution in [3.05, 3.63) is 29.3 Å². The molecule has 0 amide bonds. The molecule has 0 aliphatic carbocycles. The molecule has 2 nitrogen and oxygen atoms in total. The van der Waals surface area contributed by atoms with Crippen LogP contribution in [0.15, 0.2) is 18.2 Å². The van der Waals surface area contributed by atoms with Crippen LogP contribution in [-0.2, 0) is 16.5 Å². The molecule has 0 aliphatic rings. The van der Waals surface area contributed by atoms with Crippen LogP contribution in [0.2, 0.25) is 0 Å². The molecular formula is C10H12BrNO. The van der Waals surface area contributed by atoms with Crippen molar-refractivity contribution in [2.45, 2.75) is 18.7 Å². The van der Waals surface area contributed by atoms with Gasteiger partial charge in [0.15, 0.2) is 0 Å². The highest BCUT2D eigenvalue weighted by Crippen LogP contribution is 2.20. The van der Waals surface area contributed by atoms with Crippen molar-refractivity contribution in [2.75, 3.05) is 5.73 Å². The molecule has 0 radical (unpaired) electrons. The maximum Gasteiger partial charge on any atom is 0.134 e. The summed E-state index contributed by atoms with van der Waals surface area (Å²) < 4.78 is 0. The van der Waals surface area contributed by atoms with Crippen molar-refractivity contribution in [1.82, 2.24) is 0 Å². The largest absolute Gasteiger partial charge is 0.398 e. The Morgan fingerprint density at radius 3 is 2.62 bits per heavy atom. The first-order valence-electron chi connectivity index (χ1n) is 4.06. The third kappa shape index (κ3) is 2.56. The summed E-state index contributed by atoms with van der Waals surface area (Å²) in [6.07, 6.45) is 0.423. The number of carbonyl (C=O) groups is 1. The molecule has 0 aromatic heterocycles. The number of ketones is 1. The standard InChI is InChI=1S/C10H12BrNO/c1-7(13)5-8-3-2-4-9(6-11)10(8)12/h2-4H,5-6,12H2,1H3. The van der Waals surface area contributed by atoms with Crippen molar-refractivity contribution >= 4 is 27.4 Å². The van der Waals surface area contributed by atoms with Gasteiger partial charge >= 0.3 is 0 Å². The van der Waals surface area contributed by atoms with E-state index < -0.39 is 0 Å². The molecule has 0 fully saturated rings. The minimum atomic E-state index is 0.137. The summed E-state index contributed by atoms with van der Waals surface area (Å²) in [6, 6.07) is 5.77. The molecule has 0 spiro atoms. The lowest BCUT2D eigenvalue weighted by molar-refractivity contribution is -0.116. The summed E-state index contributed by atoms with van der Waals surface area (Å²) in [4.78, 5) is 10.9. The Hall–Kier alpha value is -0.830. The Balaban J connectivity index is 3.01. The zero-order valence-electron chi connectivity index (χ0n) is 7.51. The fourth-order valence-corrected chi connectivity index (χ4v) is 1.69. The number of nitrogens with two attached hydrogens (primary N) is 1. The zero-order valence-corrected chi connectivity index (χ0v) is 9.10. The van der Waals surface area contributed by atoms with Gasteiger partial charge in [0.05, 0.1) is 0 Å². The van der Waals surface area contributed by atoms with Crippen molar-refractivity contribution in [1.29, 1.82) is 0 Å². The monoisotopic (exact) mass is 241 g/mol. The maximum absolute atomic E-state index is 10.9. The van der Waals surface area contributed by atoms with Crippen molar-refractivity contribution in [3.63, 3.8) is 0 Å². The van der Waals surface area contributed by atoms with E-state index in [4.69, 9.17) is 5.73 Å². The molecule has 0 heterocycles. The van der Waals surface area contributed by atoms with E-state index in [-0.39, 0.29) is 5.78 Å². The molecule has 1 aromatic carbocycles. The smallest absolute Gasteiger partial charge is 0.134 e. The summed E-state index contributed by atoms with van der Waals surface area (Å²) in [5.41, 5.74) is 8.55. The molecule has 0 saturated carbocycles. The number of hydrogen-bond donors (Lipinski definition) is 1. The number of alkyl halides is 1. The first kappa shape index (κ1) is 10.3. The average Bonchev–Trinajstić information content (AvgIpc) is 2.08. The Bertz CT molecular complexity index is 323. The van der Waals surface area contributed by atoms with E-state index in [1.54, 1.807) is 6.92 Å². The number of para-hydroxylation sites is 1. The van der Waals surface area contributed by atoms with Gasteiger partial charge < -0.3 is 5.73 Å². The predicted octanol–water partition coefficient (Wildman–Crippen LogP) is 2.30. The lowest BCUT2D eigenvalue weighted by Gasteiger charge is -2.07. The molecule has 2 N–H and O–H groups in total. The number of Topliss-reactive ketones (excluding diaryl/α,β-unsaturated/α-hetero) is 1. The molecule has 70 valence electrons. The summed E-state index contributed by atoms with van der Waals surface area (Å²) >= 11 is 3.34. The topological polar surface area (TPSA) is 43.1 Å². The first-order chi connectivity index (χ1) is 6.15. The second-order valence-electron chi connectivity index (χ2n) is 3.00. The second-order valence-corrected chi connectivity index (χ2v) is 3.56. The number of rotatable bonds is 3. The van der Waals surface area contributed by atoms with Gasteiger partial charge in [-0.2, -0.15) is 0 Å². The van der Waals surface area contributed by atoms with Gasteiger partial charge in [0, 0.05) is 17.4 Å². The van der Waals surface area contributed by atoms with Crippen LogP contribution >= 0.6 is 15.9 Å². The summed E-state index contributed by atoms with van der Waals surface area (Å²) in [5.74, 6) is 0.137. The lowest BCUT2D eigenvalue weighted by atomic mass is 10.0. The fraction of sp³-hybridized carbons (Fsp3) is 0.300. The molecule has 0 bridgehead atoms. The highest BCUT2D eigenvalue weighted by molar-refractivity contribution is 9.08. The van der Waals surface area contributed by atoms with Crippen LogP contribution in [-0.4, -0.2) is 5.78 Å². The van der Waals surface area contributed by atoms with Gasteiger partial charge in [0.25, 0.3) is 0 Å². The summed E-state index contributed by atoms with van der Waals surface area (Å²) in [7, 11) is 0. The Morgan fingerprint density at radius 1 is 1.46 bits per heavy atom. The first-order valence-corrected chi connectivity index (χ1v) is 5.19. The SMILES string of the molecule is CC(=O)Cc1cccc(CBr)c1N. The van der Waals surface area contributed by atoms with E-state index in [1.165, 1.54) is 0 Å². The van der Waals surface area contributed by atoms with Gasteiger partial charge in [0.1, 0.15) is 5.78 Å². The van der Waals surface area contributed by atoms with Gasteiger partial charge in [-0.1, -0.05) is 34.1 Å². The van der Waals surface area contributed by atoms with E-state index in [9.17, 15) is 4.79 Å². The predicted molar refractivity (Wildman–Crippen MR) is 57.9 cm³/mol. The third-order valence-electron chi connectivity index (χ3n) is 1.87. The number of benzene rings is 1. The number of carbonyl (C=O) groups excluding carboxylic acids is 1. The average molecular weight is 242 g/mol. The number of nitrogen functional groups attached to an aromatic ring is 1. The Morgan fingerprint density at radius 2 is 2.08 bits per heavy atom. The second kappa shape index (κ2) is 4.42. The van der Waals surface area contributed by atoms with Crippen LogP contribution in [0.3, 0.4) is 0 Å². The van der Waals surface area contributed by atoms with Crippen molar-refractivity contribution in [3.8, 4) is 0 Å². The Labute approximate surface area is 86.3 Å². The molecular weight excluding hydrogens is 230 g/mol. The highest BCUT2D eigenvalue weighted by atomic mass is 79.9.